The van der Waals surface area contributed by atoms with Crippen molar-refractivity contribution in [3.8, 4) is 5.69 Å². The standard InChI is InChI=1S/C15H13ClN4O2/c1-9-14(22-10(2)18-9)15(21)19-13-6-7-17-20(13)12-5-3-4-11(16)8-12/h3-8H,1-2H3,(H,19,21). The van der Waals surface area contributed by atoms with E-state index in [1.54, 1.807) is 42.9 Å². The molecule has 0 saturated heterocycles. The maximum absolute atomic E-state index is 12.3. The number of benzene rings is 1. The minimum Gasteiger partial charge on any atom is -0.436 e. The molecule has 112 valence electrons. The zero-order valence-corrected chi connectivity index (χ0v) is 12.8. The molecule has 2 heterocycles. The molecular weight excluding hydrogens is 304 g/mol. The summed E-state index contributed by atoms with van der Waals surface area (Å²) in [6, 6.07) is 8.88. The Morgan fingerprint density at radius 1 is 1.32 bits per heavy atom. The Morgan fingerprint density at radius 2 is 2.14 bits per heavy atom. The van der Waals surface area contributed by atoms with Gasteiger partial charge in [-0.25, -0.2) is 9.67 Å². The Hall–Kier alpha value is -2.60. The molecule has 1 N–H and O–H groups in total. The van der Waals surface area contributed by atoms with Crippen molar-refractivity contribution in [3.63, 3.8) is 0 Å². The highest BCUT2D eigenvalue weighted by atomic mass is 35.5. The predicted molar refractivity (Wildman–Crippen MR) is 82.5 cm³/mol. The summed E-state index contributed by atoms with van der Waals surface area (Å²) in [6.07, 6.45) is 1.59. The van der Waals surface area contributed by atoms with E-state index >= 15 is 0 Å². The molecule has 3 aromatic rings. The van der Waals surface area contributed by atoms with Gasteiger partial charge in [-0.2, -0.15) is 5.10 Å². The Labute approximate surface area is 131 Å². The largest absolute Gasteiger partial charge is 0.436 e. The van der Waals surface area contributed by atoms with E-state index in [0.29, 0.717) is 22.4 Å². The van der Waals surface area contributed by atoms with Gasteiger partial charge in [-0.05, 0) is 25.1 Å². The van der Waals surface area contributed by atoms with Crippen molar-refractivity contribution in [2.75, 3.05) is 5.32 Å². The molecule has 0 radical (unpaired) electrons. The molecular formula is C15H13ClN4O2. The zero-order valence-electron chi connectivity index (χ0n) is 12.0. The number of aryl methyl sites for hydroxylation is 2. The third kappa shape index (κ3) is 2.73. The van der Waals surface area contributed by atoms with Crippen LogP contribution in [0.2, 0.25) is 5.02 Å². The van der Waals surface area contributed by atoms with E-state index in [1.807, 2.05) is 12.1 Å². The molecule has 1 aromatic carbocycles. The lowest BCUT2D eigenvalue weighted by atomic mass is 10.3. The van der Waals surface area contributed by atoms with Gasteiger partial charge in [0.25, 0.3) is 5.91 Å². The van der Waals surface area contributed by atoms with Crippen LogP contribution in [0.5, 0.6) is 0 Å². The van der Waals surface area contributed by atoms with Crippen molar-refractivity contribution in [3.05, 3.63) is 58.9 Å². The molecule has 6 nitrogen and oxygen atoms in total. The summed E-state index contributed by atoms with van der Waals surface area (Å²) < 4.78 is 6.90. The van der Waals surface area contributed by atoms with Crippen LogP contribution in [-0.4, -0.2) is 20.7 Å². The van der Waals surface area contributed by atoms with Crippen LogP contribution in [0.15, 0.2) is 40.9 Å². The highest BCUT2D eigenvalue weighted by Gasteiger charge is 2.18. The van der Waals surface area contributed by atoms with Gasteiger partial charge in [0.15, 0.2) is 5.89 Å². The minimum absolute atomic E-state index is 0.191. The van der Waals surface area contributed by atoms with Crippen LogP contribution < -0.4 is 5.32 Å². The van der Waals surface area contributed by atoms with Crippen molar-refractivity contribution in [1.82, 2.24) is 14.8 Å². The fourth-order valence-electron chi connectivity index (χ4n) is 2.13. The van der Waals surface area contributed by atoms with Crippen LogP contribution in [-0.2, 0) is 0 Å². The number of nitrogens with zero attached hydrogens (tertiary/aromatic N) is 3. The quantitative estimate of drug-likeness (QED) is 0.804. The monoisotopic (exact) mass is 316 g/mol. The summed E-state index contributed by atoms with van der Waals surface area (Å²) in [5.74, 6) is 0.782. The van der Waals surface area contributed by atoms with Gasteiger partial charge in [0.05, 0.1) is 17.6 Å². The Balaban J connectivity index is 1.90. The second-order valence-electron chi connectivity index (χ2n) is 4.71. The van der Waals surface area contributed by atoms with E-state index < -0.39 is 0 Å². The van der Waals surface area contributed by atoms with Crippen LogP contribution in [0.25, 0.3) is 5.69 Å². The lowest BCUT2D eigenvalue weighted by Crippen LogP contribution is -2.15. The van der Waals surface area contributed by atoms with Gasteiger partial charge >= 0.3 is 0 Å². The molecule has 0 saturated carbocycles. The highest BCUT2D eigenvalue weighted by Crippen LogP contribution is 2.19. The molecule has 0 unspecified atom stereocenters. The van der Waals surface area contributed by atoms with E-state index in [9.17, 15) is 4.79 Å². The van der Waals surface area contributed by atoms with Gasteiger partial charge in [0, 0.05) is 18.0 Å². The SMILES string of the molecule is Cc1nc(C)c(C(=O)Nc2ccnn2-c2cccc(Cl)c2)o1. The number of carbonyl (C=O) groups excluding carboxylic acids is 1. The maximum atomic E-state index is 12.3. The second kappa shape index (κ2) is 5.65. The number of rotatable bonds is 3. The van der Waals surface area contributed by atoms with Crippen LogP contribution in [0.4, 0.5) is 5.82 Å². The Bertz CT molecular complexity index is 838. The Morgan fingerprint density at radius 3 is 2.82 bits per heavy atom. The van der Waals surface area contributed by atoms with Crippen LogP contribution >= 0.6 is 11.6 Å². The summed E-state index contributed by atoms with van der Waals surface area (Å²) in [7, 11) is 0. The predicted octanol–water partition coefficient (Wildman–Crippen LogP) is 3.38. The molecule has 0 aliphatic carbocycles. The zero-order chi connectivity index (χ0) is 15.7. The van der Waals surface area contributed by atoms with E-state index in [-0.39, 0.29) is 11.7 Å². The molecule has 22 heavy (non-hydrogen) atoms. The minimum atomic E-state index is -0.373. The summed E-state index contributed by atoms with van der Waals surface area (Å²) in [5.41, 5.74) is 1.29. The van der Waals surface area contributed by atoms with Gasteiger partial charge in [0.1, 0.15) is 5.82 Å². The number of hydrogen-bond acceptors (Lipinski definition) is 4. The summed E-state index contributed by atoms with van der Waals surface area (Å²) in [5, 5.41) is 7.55. The normalized spacial score (nSPS) is 10.7. The first-order chi connectivity index (χ1) is 10.5. The summed E-state index contributed by atoms with van der Waals surface area (Å²) >= 11 is 5.99. The fourth-order valence-corrected chi connectivity index (χ4v) is 2.31. The van der Waals surface area contributed by atoms with Gasteiger partial charge in [-0.3, -0.25) is 4.79 Å². The first kappa shape index (κ1) is 14.3. The van der Waals surface area contributed by atoms with E-state index in [4.69, 9.17) is 16.0 Å². The topological polar surface area (TPSA) is 73.0 Å². The van der Waals surface area contributed by atoms with Crippen molar-refractivity contribution in [2.45, 2.75) is 13.8 Å². The lowest BCUT2D eigenvalue weighted by Gasteiger charge is -2.08. The van der Waals surface area contributed by atoms with Crippen molar-refractivity contribution in [1.29, 1.82) is 0 Å². The maximum Gasteiger partial charge on any atom is 0.294 e. The Kier molecular flexibility index (Phi) is 3.68. The van der Waals surface area contributed by atoms with Crippen molar-refractivity contribution >= 4 is 23.3 Å². The molecule has 0 bridgehead atoms. The highest BCUT2D eigenvalue weighted by molar-refractivity contribution is 6.30. The van der Waals surface area contributed by atoms with Crippen LogP contribution in [0.1, 0.15) is 22.1 Å². The molecule has 3 rings (SSSR count). The molecule has 0 aliphatic heterocycles. The van der Waals surface area contributed by atoms with Crippen molar-refractivity contribution in [2.24, 2.45) is 0 Å². The van der Waals surface area contributed by atoms with Gasteiger partial charge in [-0.1, -0.05) is 17.7 Å². The third-order valence-corrected chi connectivity index (χ3v) is 3.28. The number of halogens is 1. The number of hydrogen-bond donors (Lipinski definition) is 1. The van der Waals surface area contributed by atoms with Gasteiger partial charge in [0.2, 0.25) is 5.76 Å². The number of carbonyl (C=O) groups is 1. The van der Waals surface area contributed by atoms with E-state index in [1.165, 1.54) is 0 Å². The molecule has 0 spiro atoms. The number of amides is 1. The molecule has 2 aromatic heterocycles. The molecule has 1 amide bonds. The third-order valence-electron chi connectivity index (χ3n) is 3.05. The lowest BCUT2D eigenvalue weighted by molar-refractivity contribution is 0.0994. The van der Waals surface area contributed by atoms with E-state index in [0.717, 1.165) is 5.69 Å². The van der Waals surface area contributed by atoms with Crippen LogP contribution in [0, 0.1) is 13.8 Å². The smallest absolute Gasteiger partial charge is 0.294 e. The number of aromatic nitrogens is 3. The molecule has 0 fully saturated rings. The van der Waals surface area contributed by atoms with Gasteiger partial charge < -0.3 is 9.73 Å². The molecule has 0 aliphatic rings. The average Bonchev–Trinajstić information content (AvgIpc) is 3.05. The van der Waals surface area contributed by atoms with Gasteiger partial charge in [-0.15, -0.1) is 0 Å². The first-order valence-corrected chi connectivity index (χ1v) is 6.98. The number of oxazole rings is 1. The average molecular weight is 317 g/mol. The molecule has 7 heteroatoms. The fraction of sp³-hybridized carbons (Fsp3) is 0.133. The number of nitrogens with one attached hydrogen (secondary N) is 1. The molecule has 0 atom stereocenters. The van der Waals surface area contributed by atoms with Crippen molar-refractivity contribution < 1.29 is 9.21 Å². The first-order valence-electron chi connectivity index (χ1n) is 6.60. The summed E-state index contributed by atoms with van der Waals surface area (Å²) in [6.45, 7) is 3.42. The van der Waals surface area contributed by atoms with Crippen LogP contribution in [0.3, 0.4) is 0 Å². The second-order valence-corrected chi connectivity index (χ2v) is 5.15. The number of anilines is 1. The summed E-state index contributed by atoms with van der Waals surface area (Å²) in [4.78, 5) is 16.4. The van der Waals surface area contributed by atoms with E-state index in [2.05, 4.69) is 15.4 Å².